The van der Waals surface area contributed by atoms with Gasteiger partial charge >= 0.3 is 0 Å². The minimum atomic E-state index is -0.245. The molecule has 2 unspecified atom stereocenters. The van der Waals surface area contributed by atoms with Crippen molar-refractivity contribution in [2.45, 2.75) is 64.0 Å². The maximum Gasteiger partial charge on any atom is 0.0724 e. The normalized spacial score (nSPS) is 21.4. The summed E-state index contributed by atoms with van der Waals surface area (Å²) in [6, 6.07) is 10.5. The average Bonchev–Trinajstić information content (AvgIpc) is 2.53. The van der Waals surface area contributed by atoms with Crippen LogP contribution in [0.2, 0.25) is 0 Å². The highest BCUT2D eigenvalue weighted by atomic mass is 16.3. The Morgan fingerprint density at radius 2 is 1.80 bits per heavy atom. The third-order valence-electron chi connectivity index (χ3n) is 5.06. The number of rotatable bonds is 6. The highest BCUT2D eigenvalue weighted by Crippen LogP contribution is 2.29. The number of piperidine rings is 1. The van der Waals surface area contributed by atoms with Gasteiger partial charge < -0.3 is 5.11 Å². The van der Waals surface area contributed by atoms with Gasteiger partial charge in [0.25, 0.3) is 0 Å². The molecule has 2 atom stereocenters. The third kappa shape index (κ3) is 3.62. The smallest absolute Gasteiger partial charge is 0.0724 e. The fraction of sp³-hybridized carbons (Fsp3) is 0.667. The second kappa shape index (κ2) is 7.24. The van der Waals surface area contributed by atoms with Crippen LogP contribution in [-0.2, 0) is 6.42 Å². The van der Waals surface area contributed by atoms with E-state index in [4.69, 9.17) is 0 Å². The molecule has 0 aromatic heterocycles. The molecule has 1 N–H and O–H groups in total. The van der Waals surface area contributed by atoms with Crippen LogP contribution in [0.3, 0.4) is 0 Å². The highest BCUT2D eigenvalue weighted by Gasteiger charge is 2.37. The number of hydrogen-bond donors (Lipinski definition) is 1. The molecule has 0 aliphatic carbocycles. The van der Waals surface area contributed by atoms with Gasteiger partial charge in [0, 0.05) is 5.54 Å². The molecule has 20 heavy (non-hydrogen) atoms. The van der Waals surface area contributed by atoms with Crippen molar-refractivity contribution in [1.29, 1.82) is 0 Å². The van der Waals surface area contributed by atoms with Crippen molar-refractivity contribution in [3.63, 3.8) is 0 Å². The standard InChI is InChI=1S/C18H29NO/c1-3-18(2,19-14-8-5-9-15-19)17(20)13-12-16-10-6-4-7-11-16/h4,6-7,10-11,17,20H,3,5,8-9,12-15H2,1-2H3. The van der Waals surface area contributed by atoms with Crippen molar-refractivity contribution in [3.05, 3.63) is 35.9 Å². The van der Waals surface area contributed by atoms with Crippen LogP contribution in [0.5, 0.6) is 0 Å². The molecule has 1 aromatic carbocycles. The molecular weight excluding hydrogens is 246 g/mol. The summed E-state index contributed by atoms with van der Waals surface area (Å²) < 4.78 is 0. The number of likely N-dealkylation sites (tertiary alicyclic amines) is 1. The van der Waals surface area contributed by atoms with Crippen LogP contribution in [0.1, 0.15) is 51.5 Å². The minimum Gasteiger partial charge on any atom is -0.391 e. The monoisotopic (exact) mass is 275 g/mol. The number of benzene rings is 1. The predicted octanol–water partition coefficient (Wildman–Crippen LogP) is 3.63. The largest absolute Gasteiger partial charge is 0.391 e. The lowest BCUT2D eigenvalue weighted by molar-refractivity contribution is -0.0367. The molecule has 2 nitrogen and oxygen atoms in total. The van der Waals surface area contributed by atoms with E-state index in [1.807, 2.05) is 6.07 Å². The first-order valence-corrected chi connectivity index (χ1v) is 8.14. The Kier molecular flexibility index (Phi) is 5.62. The van der Waals surface area contributed by atoms with Gasteiger partial charge in [-0.25, -0.2) is 0 Å². The summed E-state index contributed by atoms with van der Waals surface area (Å²) in [5.41, 5.74) is 1.26. The Labute approximate surface area is 123 Å². The van der Waals surface area contributed by atoms with Crippen LogP contribution in [0.4, 0.5) is 0 Å². The van der Waals surface area contributed by atoms with Crippen LogP contribution < -0.4 is 0 Å². The zero-order chi connectivity index (χ0) is 14.4. The zero-order valence-corrected chi connectivity index (χ0v) is 13.0. The van der Waals surface area contributed by atoms with Gasteiger partial charge in [-0.3, -0.25) is 4.90 Å². The van der Waals surface area contributed by atoms with Crippen LogP contribution in [-0.4, -0.2) is 34.7 Å². The Morgan fingerprint density at radius 3 is 2.40 bits per heavy atom. The quantitative estimate of drug-likeness (QED) is 0.857. The average molecular weight is 275 g/mol. The first kappa shape index (κ1) is 15.5. The molecule has 1 aliphatic heterocycles. The van der Waals surface area contributed by atoms with E-state index in [0.717, 1.165) is 32.4 Å². The molecule has 0 bridgehead atoms. The van der Waals surface area contributed by atoms with E-state index < -0.39 is 0 Å². The van der Waals surface area contributed by atoms with E-state index in [-0.39, 0.29) is 11.6 Å². The second-order valence-electron chi connectivity index (χ2n) is 6.30. The summed E-state index contributed by atoms with van der Waals surface area (Å²) in [4.78, 5) is 2.52. The second-order valence-corrected chi connectivity index (χ2v) is 6.30. The first-order valence-electron chi connectivity index (χ1n) is 8.14. The Morgan fingerprint density at radius 1 is 1.15 bits per heavy atom. The van der Waals surface area contributed by atoms with Crippen LogP contribution in [0.25, 0.3) is 0 Å². The molecule has 0 spiro atoms. The van der Waals surface area contributed by atoms with Crippen molar-refractivity contribution >= 4 is 0 Å². The predicted molar refractivity (Wildman–Crippen MR) is 84.9 cm³/mol. The number of aryl methyl sites for hydroxylation is 1. The summed E-state index contributed by atoms with van der Waals surface area (Å²) >= 11 is 0. The first-order chi connectivity index (χ1) is 9.66. The lowest BCUT2D eigenvalue weighted by atomic mass is 9.84. The summed E-state index contributed by atoms with van der Waals surface area (Å²) in [5.74, 6) is 0. The Hall–Kier alpha value is -0.860. The molecule has 1 fully saturated rings. The summed E-state index contributed by atoms with van der Waals surface area (Å²) in [5, 5.41) is 10.7. The van der Waals surface area contributed by atoms with Crippen molar-refractivity contribution in [2.24, 2.45) is 0 Å². The van der Waals surface area contributed by atoms with Gasteiger partial charge in [-0.1, -0.05) is 43.7 Å². The number of nitrogens with zero attached hydrogens (tertiary/aromatic N) is 1. The van der Waals surface area contributed by atoms with Gasteiger partial charge in [-0.2, -0.15) is 0 Å². The van der Waals surface area contributed by atoms with Crippen LogP contribution >= 0.6 is 0 Å². The fourth-order valence-electron chi connectivity index (χ4n) is 3.33. The molecule has 0 saturated carbocycles. The molecule has 1 aromatic rings. The van der Waals surface area contributed by atoms with Crippen LogP contribution in [0, 0.1) is 0 Å². The number of aliphatic hydroxyl groups is 1. The van der Waals surface area contributed by atoms with Gasteiger partial charge in [0.15, 0.2) is 0 Å². The molecule has 1 aliphatic rings. The van der Waals surface area contributed by atoms with Gasteiger partial charge in [0.05, 0.1) is 6.10 Å². The Balaban J connectivity index is 1.95. The van der Waals surface area contributed by atoms with E-state index >= 15 is 0 Å². The van der Waals surface area contributed by atoms with E-state index in [1.165, 1.54) is 24.8 Å². The molecule has 112 valence electrons. The SMILES string of the molecule is CCC(C)(C(O)CCc1ccccc1)N1CCCCC1. The summed E-state index contributed by atoms with van der Waals surface area (Å²) in [6.45, 7) is 6.74. The molecule has 2 rings (SSSR count). The summed E-state index contributed by atoms with van der Waals surface area (Å²) in [7, 11) is 0. The minimum absolute atomic E-state index is 0.0603. The van der Waals surface area contributed by atoms with Crippen LogP contribution in [0.15, 0.2) is 30.3 Å². The van der Waals surface area contributed by atoms with Crippen molar-refractivity contribution in [2.75, 3.05) is 13.1 Å². The van der Waals surface area contributed by atoms with Gasteiger partial charge in [0.1, 0.15) is 0 Å². The molecule has 0 amide bonds. The molecule has 0 radical (unpaired) electrons. The maximum absolute atomic E-state index is 10.7. The van der Waals surface area contributed by atoms with Gasteiger partial charge in [-0.05, 0) is 57.7 Å². The van der Waals surface area contributed by atoms with Crippen molar-refractivity contribution < 1.29 is 5.11 Å². The van der Waals surface area contributed by atoms with E-state index in [0.29, 0.717) is 0 Å². The van der Waals surface area contributed by atoms with Gasteiger partial charge in [0.2, 0.25) is 0 Å². The third-order valence-corrected chi connectivity index (χ3v) is 5.06. The molecule has 2 heteroatoms. The summed E-state index contributed by atoms with van der Waals surface area (Å²) in [6.07, 6.45) is 6.49. The lowest BCUT2D eigenvalue weighted by Gasteiger charge is -2.46. The van der Waals surface area contributed by atoms with Gasteiger partial charge in [-0.15, -0.1) is 0 Å². The van der Waals surface area contributed by atoms with Crippen molar-refractivity contribution in [1.82, 2.24) is 4.90 Å². The lowest BCUT2D eigenvalue weighted by Crippen LogP contribution is -2.56. The number of hydrogen-bond acceptors (Lipinski definition) is 2. The zero-order valence-electron chi connectivity index (χ0n) is 13.0. The van der Waals surface area contributed by atoms with E-state index in [2.05, 4.69) is 43.0 Å². The fourth-order valence-corrected chi connectivity index (χ4v) is 3.33. The molecule has 1 heterocycles. The molecule has 1 saturated heterocycles. The highest BCUT2D eigenvalue weighted by molar-refractivity contribution is 5.15. The molecular formula is C18H29NO. The topological polar surface area (TPSA) is 23.5 Å². The van der Waals surface area contributed by atoms with E-state index in [1.54, 1.807) is 0 Å². The Bertz CT molecular complexity index is 386. The van der Waals surface area contributed by atoms with Crippen molar-refractivity contribution in [3.8, 4) is 0 Å². The van der Waals surface area contributed by atoms with E-state index in [9.17, 15) is 5.11 Å². The number of aliphatic hydroxyl groups excluding tert-OH is 1. The maximum atomic E-state index is 10.7.